The highest BCUT2D eigenvalue weighted by atomic mass is 15.2. The minimum atomic E-state index is -0.0159. The summed E-state index contributed by atoms with van der Waals surface area (Å²) in [5.74, 6) is 0. The fraction of sp³-hybridized carbons (Fsp3) is 0.250. The molecule has 34 heavy (non-hydrogen) atoms. The van der Waals surface area contributed by atoms with Crippen molar-refractivity contribution in [2.24, 2.45) is 0 Å². The molecule has 2 heterocycles. The van der Waals surface area contributed by atoms with Crippen LogP contribution in [0.25, 0.3) is 21.8 Å². The number of para-hydroxylation sites is 3. The van der Waals surface area contributed by atoms with Gasteiger partial charge in [0.1, 0.15) is 0 Å². The molecule has 1 aliphatic rings. The average molecular weight is 445 g/mol. The molecule has 1 atom stereocenters. The molecule has 0 bridgehead atoms. The summed E-state index contributed by atoms with van der Waals surface area (Å²) in [5, 5.41) is 2.77. The Kier molecular flexibility index (Phi) is 4.81. The minimum Gasteiger partial charge on any atom is -0.341 e. The minimum absolute atomic E-state index is 0.0159. The number of rotatable bonds is 4. The summed E-state index contributed by atoms with van der Waals surface area (Å²) in [7, 11) is 0. The van der Waals surface area contributed by atoms with Crippen LogP contribution in [0.15, 0.2) is 91.0 Å². The Morgan fingerprint density at radius 3 is 1.97 bits per heavy atom. The molecular weight excluding hydrogens is 412 g/mol. The lowest BCUT2D eigenvalue weighted by Crippen LogP contribution is -2.38. The van der Waals surface area contributed by atoms with E-state index in [0.717, 1.165) is 13.0 Å². The van der Waals surface area contributed by atoms with Gasteiger partial charge in [0.15, 0.2) is 0 Å². The monoisotopic (exact) mass is 444 g/mol. The SMILES string of the molecule is CCn1c2ccccc2c2c(CC(C)N3c4ccccc4C(C)(C)c4ccccc43)cccc21. The Labute approximate surface area is 202 Å². The second-order valence-corrected chi connectivity index (χ2v) is 10.2. The van der Waals surface area contributed by atoms with Gasteiger partial charge in [-0.1, -0.05) is 80.6 Å². The largest absolute Gasteiger partial charge is 0.341 e. The normalized spacial score (nSPS) is 15.4. The van der Waals surface area contributed by atoms with E-state index < -0.39 is 0 Å². The quantitative estimate of drug-likeness (QED) is 0.271. The average Bonchev–Trinajstić information content (AvgIpc) is 3.19. The summed E-state index contributed by atoms with van der Waals surface area (Å²) >= 11 is 0. The molecule has 170 valence electrons. The van der Waals surface area contributed by atoms with Crippen LogP contribution in [0.2, 0.25) is 0 Å². The lowest BCUT2D eigenvalue weighted by Gasteiger charge is -2.44. The number of aryl methyl sites for hydroxylation is 1. The van der Waals surface area contributed by atoms with Crippen LogP contribution in [0.1, 0.15) is 44.4 Å². The van der Waals surface area contributed by atoms with E-state index in [-0.39, 0.29) is 5.41 Å². The van der Waals surface area contributed by atoms with Crippen molar-refractivity contribution in [2.45, 2.75) is 52.1 Å². The smallest absolute Gasteiger partial charge is 0.0494 e. The molecule has 2 heteroatoms. The Morgan fingerprint density at radius 1 is 0.706 bits per heavy atom. The first-order valence-corrected chi connectivity index (χ1v) is 12.5. The molecule has 5 aromatic rings. The summed E-state index contributed by atoms with van der Waals surface area (Å²) in [6, 6.07) is 33.9. The Bertz CT molecular complexity index is 1470. The van der Waals surface area contributed by atoms with Gasteiger partial charge in [0.05, 0.1) is 0 Å². The highest BCUT2D eigenvalue weighted by Gasteiger charge is 2.37. The van der Waals surface area contributed by atoms with Gasteiger partial charge in [0.2, 0.25) is 0 Å². The number of hydrogen-bond donors (Lipinski definition) is 0. The van der Waals surface area contributed by atoms with Crippen LogP contribution in [-0.4, -0.2) is 10.6 Å². The van der Waals surface area contributed by atoms with E-state index in [1.54, 1.807) is 0 Å². The van der Waals surface area contributed by atoms with E-state index in [2.05, 4.69) is 128 Å². The number of aromatic nitrogens is 1. The van der Waals surface area contributed by atoms with E-state index in [9.17, 15) is 0 Å². The molecule has 1 aromatic heterocycles. The molecule has 0 amide bonds. The van der Waals surface area contributed by atoms with Crippen molar-refractivity contribution in [1.29, 1.82) is 0 Å². The summed E-state index contributed by atoms with van der Waals surface area (Å²) in [4.78, 5) is 2.58. The van der Waals surface area contributed by atoms with Crippen molar-refractivity contribution in [2.75, 3.05) is 4.90 Å². The number of benzene rings is 4. The third kappa shape index (κ3) is 2.94. The van der Waals surface area contributed by atoms with Gasteiger partial charge < -0.3 is 9.47 Å². The van der Waals surface area contributed by atoms with Crippen LogP contribution >= 0.6 is 0 Å². The summed E-state index contributed by atoms with van der Waals surface area (Å²) < 4.78 is 2.45. The van der Waals surface area contributed by atoms with E-state index in [1.807, 2.05) is 0 Å². The first kappa shape index (κ1) is 21.0. The standard InChI is InChI=1S/C32H32N2/c1-5-33-27-17-9-6-14-24(27)31-23(13-12-20-30(31)33)21-22(2)34-28-18-10-7-15-25(28)32(3,4)26-16-8-11-19-29(26)34/h6-20,22H,5,21H2,1-4H3. The fourth-order valence-electron chi connectivity index (χ4n) is 6.27. The molecular formula is C32H32N2. The maximum Gasteiger partial charge on any atom is 0.0494 e. The molecule has 0 saturated carbocycles. The molecule has 0 spiro atoms. The highest BCUT2D eigenvalue weighted by Crippen LogP contribution is 2.49. The van der Waals surface area contributed by atoms with Crippen molar-refractivity contribution < 1.29 is 0 Å². The third-order valence-electron chi connectivity index (χ3n) is 7.83. The number of hydrogen-bond acceptors (Lipinski definition) is 1. The van der Waals surface area contributed by atoms with Crippen molar-refractivity contribution in [3.05, 3.63) is 108 Å². The first-order valence-electron chi connectivity index (χ1n) is 12.5. The van der Waals surface area contributed by atoms with Crippen LogP contribution in [0.5, 0.6) is 0 Å². The lowest BCUT2D eigenvalue weighted by molar-refractivity contribution is 0.603. The number of anilines is 2. The predicted octanol–water partition coefficient (Wildman–Crippen LogP) is 8.22. The summed E-state index contributed by atoms with van der Waals surface area (Å²) in [5.41, 5.74) is 9.56. The first-order chi connectivity index (χ1) is 16.5. The van der Waals surface area contributed by atoms with E-state index in [1.165, 1.54) is 49.9 Å². The molecule has 4 aromatic carbocycles. The lowest BCUT2D eigenvalue weighted by atomic mass is 9.73. The molecule has 1 aliphatic heterocycles. The Balaban J connectivity index is 1.51. The van der Waals surface area contributed by atoms with E-state index in [0.29, 0.717) is 6.04 Å². The number of nitrogens with zero attached hydrogens (tertiary/aromatic N) is 2. The topological polar surface area (TPSA) is 8.17 Å². The zero-order valence-corrected chi connectivity index (χ0v) is 20.5. The van der Waals surface area contributed by atoms with Gasteiger partial charge in [-0.2, -0.15) is 0 Å². The van der Waals surface area contributed by atoms with Crippen molar-refractivity contribution in [3.63, 3.8) is 0 Å². The maximum absolute atomic E-state index is 2.58. The van der Waals surface area contributed by atoms with E-state index in [4.69, 9.17) is 0 Å². The molecule has 2 nitrogen and oxygen atoms in total. The van der Waals surface area contributed by atoms with Crippen LogP contribution in [0, 0.1) is 0 Å². The molecule has 1 unspecified atom stereocenters. The highest BCUT2D eigenvalue weighted by molar-refractivity contribution is 6.09. The van der Waals surface area contributed by atoms with Crippen LogP contribution in [0.3, 0.4) is 0 Å². The maximum atomic E-state index is 2.58. The zero-order chi connectivity index (χ0) is 23.4. The van der Waals surface area contributed by atoms with Gasteiger partial charge in [-0.25, -0.2) is 0 Å². The van der Waals surface area contributed by atoms with Crippen molar-refractivity contribution in [3.8, 4) is 0 Å². The van der Waals surface area contributed by atoms with Gasteiger partial charge in [-0.05, 0) is 61.2 Å². The number of fused-ring (bicyclic) bond motifs is 5. The molecule has 0 radical (unpaired) electrons. The van der Waals surface area contributed by atoms with Gasteiger partial charge in [-0.15, -0.1) is 0 Å². The van der Waals surface area contributed by atoms with Crippen LogP contribution < -0.4 is 4.90 Å². The third-order valence-corrected chi connectivity index (χ3v) is 7.83. The summed E-state index contributed by atoms with van der Waals surface area (Å²) in [6.45, 7) is 10.3. The van der Waals surface area contributed by atoms with Gasteiger partial charge in [-0.3, -0.25) is 0 Å². The predicted molar refractivity (Wildman–Crippen MR) is 145 cm³/mol. The van der Waals surface area contributed by atoms with Crippen LogP contribution in [0.4, 0.5) is 11.4 Å². The van der Waals surface area contributed by atoms with Gasteiger partial charge >= 0.3 is 0 Å². The fourth-order valence-corrected chi connectivity index (χ4v) is 6.27. The molecule has 0 aliphatic carbocycles. The molecule has 0 fully saturated rings. The van der Waals surface area contributed by atoms with Gasteiger partial charge in [0.25, 0.3) is 0 Å². The van der Waals surface area contributed by atoms with Crippen molar-refractivity contribution in [1.82, 2.24) is 4.57 Å². The second kappa shape index (κ2) is 7.77. The zero-order valence-electron chi connectivity index (χ0n) is 20.5. The van der Waals surface area contributed by atoms with Crippen LogP contribution in [-0.2, 0) is 18.4 Å². The van der Waals surface area contributed by atoms with Gasteiger partial charge in [0, 0.05) is 51.2 Å². The Hall–Kier alpha value is -3.52. The van der Waals surface area contributed by atoms with Crippen molar-refractivity contribution >= 4 is 33.2 Å². The van der Waals surface area contributed by atoms with E-state index >= 15 is 0 Å². The molecule has 0 saturated heterocycles. The second-order valence-electron chi connectivity index (χ2n) is 10.2. The molecule has 6 rings (SSSR count). The Morgan fingerprint density at radius 2 is 1.29 bits per heavy atom. The molecule has 0 N–H and O–H groups in total. The summed E-state index contributed by atoms with van der Waals surface area (Å²) in [6.07, 6.45) is 0.984.